The molecule has 5 atom stereocenters. The summed E-state index contributed by atoms with van der Waals surface area (Å²) in [5.41, 5.74) is -0.356. The van der Waals surface area contributed by atoms with E-state index in [4.69, 9.17) is 0 Å². The minimum Gasteiger partial charge on any atom is -0.391 e. The molecule has 2 saturated carbocycles. The van der Waals surface area contributed by atoms with Crippen LogP contribution in [-0.2, 0) is 0 Å². The van der Waals surface area contributed by atoms with Gasteiger partial charge in [-0.1, -0.05) is 27.7 Å². The fourth-order valence-electron chi connectivity index (χ4n) is 4.13. The Morgan fingerprint density at radius 3 is 2.39 bits per heavy atom. The van der Waals surface area contributed by atoms with Gasteiger partial charge < -0.3 is 15.5 Å². The summed E-state index contributed by atoms with van der Waals surface area (Å²) in [5.74, 6) is 0.395. The number of hydrogen-bond acceptors (Lipinski definition) is 3. The molecule has 2 aliphatic carbocycles. The summed E-state index contributed by atoms with van der Waals surface area (Å²) in [6, 6.07) is 0.115. The van der Waals surface area contributed by atoms with Crippen LogP contribution in [0.1, 0.15) is 53.9 Å². The molecule has 2 rings (SSSR count). The van der Waals surface area contributed by atoms with Gasteiger partial charge in [-0.3, -0.25) is 0 Å². The second kappa shape index (κ2) is 4.19. The molecule has 3 heteroatoms. The molecule has 2 fully saturated rings. The maximum Gasteiger partial charge on any atom is 0.0741 e. The molecule has 18 heavy (non-hydrogen) atoms. The van der Waals surface area contributed by atoms with Crippen LogP contribution in [0, 0.1) is 16.7 Å². The Labute approximate surface area is 111 Å². The van der Waals surface area contributed by atoms with Gasteiger partial charge in [0.05, 0.1) is 11.7 Å². The highest BCUT2D eigenvalue weighted by Gasteiger charge is 2.65. The molecular weight excluding hydrogens is 226 g/mol. The topological polar surface area (TPSA) is 52.5 Å². The van der Waals surface area contributed by atoms with Gasteiger partial charge in [0.1, 0.15) is 0 Å². The summed E-state index contributed by atoms with van der Waals surface area (Å²) in [7, 11) is 0. The van der Waals surface area contributed by atoms with Gasteiger partial charge in [0, 0.05) is 12.6 Å². The van der Waals surface area contributed by atoms with Gasteiger partial charge in [0.25, 0.3) is 0 Å². The van der Waals surface area contributed by atoms with Crippen molar-refractivity contribution in [3.63, 3.8) is 0 Å². The maximum absolute atomic E-state index is 10.5. The Bertz CT molecular complexity index is 326. The van der Waals surface area contributed by atoms with Crippen LogP contribution in [0.3, 0.4) is 0 Å². The van der Waals surface area contributed by atoms with E-state index in [0.717, 1.165) is 12.8 Å². The molecule has 2 bridgehead atoms. The van der Waals surface area contributed by atoms with E-state index in [1.807, 2.05) is 13.8 Å². The second-order valence-electron chi connectivity index (χ2n) is 7.48. The average Bonchev–Trinajstić information content (AvgIpc) is 2.57. The van der Waals surface area contributed by atoms with Crippen molar-refractivity contribution in [2.45, 2.75) is 71.6 Å². The first-order chi connectivity index (χ1) is 8.16. The van der Waals surface area contributed by atoms with Gasteiger partial charge in [-0.15, -0.1) is 0 Å². The zero-order valence-corrected chi connectivity index (χ0v) is 12.5. The lowest BCUT2D eigenvalue weighted by Crippen LogP contribution is -2.53. The smallest absolute Gasteiger partial charge is 0.0741 e. The van der Waals surface area contributed by atoms with Crippen molar-refractivity contribution in [2.24, 2.45) is 16.7 Å². The molecule has 0 aromatic heterocycles. The third kappa shape index (κ3) is 1.83. The molecule has 0 aliphatic heterocycles. The highest BCUT2D eigenvalue weighted by molar-refractivity contribution is 5.17. The lowest BCUT2D eigenvalue weighted by atomic mass is 9.69. The lowest BCUT2D eigenvalue weighted by molar-refractivity contribution is 0.0191. The van der Waals surface area contributed by atoms with Crippen LogP contribution < -0.4 is 5.32 Å². The summed E-state index contributed by atoms with van der Waals surface area (Å²) in [6.07, 6.45) is 2.76. The number of aliphatic hydroxyl groups excluding tert-OH is 1. The van der Waals surface area contributed by atoms with Crippen LogP contribution in [0.15, 0.2) is 0 Å². The predicted octanol–water partition coefficient (Wildman–Crippen LogP) is 1.92. The van der Waals surface area contributed by atoms with Gasteiger partial charge in [0.15, 0.2) is 0 Å². The zero-order chi connectivity index (χ0) is 13.8. The van der Waals surface area contributed by atoms with E-state index in [0.29, 0.717) is 12.5 Å². The van der Waals surface area contributed by atoms with Crippen molar-refractivity contribution in [2.75, 3.05) is 6.54 Å². The number of rotatable bonds is 4. The fourth-order valence-corrected chi connectivity index (χ4v) is 4.13. The first-order valence-electron chi connectivity index (χ1n) is 7.29. The van der Waals surface area contributed by atoms with E-state index < -0.39 is 5.60 Å². The SMILES string of the molecule is CC[C@](C)(O)CN[C@H]1[C@H](O)[C@@H]2CC[C@]1(C)C2(C)C. The van der Waals surface area contributed by atoms with Gasteiger partial charge in [0.2, 0.25) is 0 Å². The van der Waals surface area contributed by atoms with Crippen molar-refractivity contribution >= 4 is 0 Å². The minimum atomic E-state index is -0.679. The molecule has 2 aliphatic rings. The Balaban J connectivity index is 2.11. The molecule has 106 valence electrons. The van der Waals surface area contributed by atoms with Crippen LogP contribution >= 0.6 is 0 Å². The van der Waals surface area contributed by atoms with Crippen LogP contribution in [0.5, 0.6) is 0 Å². The Kier molecular flexibility index (Phi) is 3.33. The Morgan fingerprint density at radius 2 is 1.94 bits per heavy atom. The number of fused-ring (bicyclic) bond motifs is 2. The van der Waals surface area contributed by atoms with E-state index in [2.05, 4.69) is 26.1 Å². The van der Waals surface area contributed by atoms with Gasteiger partial charge >= 0.3 is 0 Å². The molecule has 0 aromatic carbocycles. The third-order valence-electron chi connectivity index (χ3n) is 6.28. The van der Waals surface area contributed by atoms with Crippen LogP contribution in [0.4, 0.5) is 0 Å². The standard InChI is InChI=1S/C15H29NO2/c1-6-14(4,18)9-16-12-11(17)10-7-8-15(12,5)13(10,2)3/h10-12,16-18H,6-9H2,1-5H3/t10-,11+,12-,14-,15-/m0/s1. The highest BCUT2D eigenvalue weighted by Crippen LogP contribution is 2.65. The number of aliphatic hydroxyl groups is 2. The predicted molar refractivity (Wildman–Crippen MR) is 73.3 cm³/mol. The Morgan fingerprint density at radius 1 is 1.33 bits per heavy atom. The molecule has 3 nitrogen and oxygen atoms in total. The maximum atomic E-state index is 10.5. The van der Waals surface area contributed by atoms with Gasteiger partial charge in [-0.25, -0.2) is 0 Å². The Hall–Kier alpha value is -0.120. The fraction of sp³-hybridized carbons (Fsp3) is 1.00. The van der Waals surface area contributed by atoms with Crippen molar-refractivity contribution in [1.82, 2.24) is 5.32 Å². The van der Waals surface area contributed by atoms with E-state index in [1.54, 1.807) is 0 Å². The van der Waals surface area contributed by atoms with Crippen molar-refractivity contribution in [3.05, 3.63) is 0 Å². The number of hydrogen-bond donors (Lipinski definition) is 3. The first-order valence-corrected chi connectivity index (χ1v) is 7.29. The minimum absolute atomic E-state index is 0.115. The second-order valence-corrected chi connectivity index (χ2v) is 7.48. The summed E-state index contributed by atoms with van der Waals surface area (Å²) < 4.78 is 0. The molecule has 0 unspecified atom stereocenters. The third-order valence-corrected chi connectivity index (χ3v) is 6.28. The van der Waals surface area contributed by atoms with Crippen LogP contribution in [-0.4, -0.2) is 34.5 Å². The summed E-state index contributed by atoms with van der Waals surface area (Å²) >= 11 is 0. The monoisotopic (exact) mass is 255 g/mol. The largest absolute Gasteiger partial charge is 0.391 e. The van der Waals surface area contributed by atoms with Crippen LogP contribution in [0.25, 0.3) is 0 Å². The molecule has 0 aromatic rings. The van der Waals surface area contributed by atoms with Crippen molar-refractivity contribution in [3.8, 4) is 0 Å². The normalized spacial score (nSPS) is 45.2. The molecule has 0 saturated heterocycles. The van der Waals surface area contributed by atoms with Crippen molar-refractivity contribution < 1.29 is 10.2 Å². The molecule has 0 heterocycles. The van der Waals surface area contributed by atoms with Crippen LogP contribution in [0.2, 0.25) is 0 Å². The molecule has 0 radical (unpaired) electrons. The quantitative estimate of drug-likeness (QED) is 0.719. The van der Waals surface area contributed by atoms with Gasteiger partial charge in [-0.05, 0) is 42.9 Å². The van der Waals surface area contributed by atoms with E-state index in [1.165, 1.54) is 6.42 Å². The summed E-state index contributed by atoms with van der Waals surface area (Å²) in [6.45, 7) is 11.3. The van der Waals surface area contributed by atoms with E-state index in [-0.39, 0.29) is 23.0 Å². The zero-order valence-electron chi connectivity index (χ0n) is 12.5. The lowest BCUT2D eigenvalue weighted by Gasteiger charge is -2.41. The molecule has 0 spiro atoms. The first kappa shape index (κ1) is 14.3. The van der Waals surface area contributed by atoms with E-state index in [9.17, 15) is 10.2 Å². The van der Waals surface area contributed by atoms with Gasteiger partial charge in [-0.2, -0.15) is 0 Å². The van der Waals surface area contributed by atoms with Crippen molar-refractivity contribution in [1.29, 1.82) is 0 Å². The highest BCUT2D eigenvalue weighted by atomic mass is 16.3. The molecule has 3 N–H and O–H groups in total. The van der Waals surface area contributed by atoms with E-state index >= 15 is 0 Å². The number of nitrogens with one attached hydrogen (secondary N) is 1. The summed E-state index contributed by atoms with van der Waals surface area (Å²) in [5, 5.41) is 24.1. The molecule has 0 amide bonds. The summed E-state index contributed by atoms with van der Waals surface area (Å²) in [4.78, 5) is 0. The molecular formula is C15H29NO2. The average molecular weight is 255 g/mol.